The van der Waals surface area contributed by atoms with Gasteiger partial charge in [0.15, 0.2) is 0 Å². The molecule has 1 fully saturated rings. The number of methoxy groups -OCH3 is 2. The normalized spacial score (nSPS) is 28.5. The molecular formula is C12H19IO4. The van der Waals surface area contributed by atoms with Gasteiger partial charge in [0.05, 0.1) is 25.6 Å². The standard InChI is InChI=1S/C12H19IO4/c1-16-10(14)9-3-5-12(6-4-9,7-8-13)11(15)17-2/h9H,3-8H2,1-2H3. The Morgan fingerprint density at radius 1 is 1.24 bits per heavy atom. The lowest BCUT2D eigenvalue weighted by Gasteiger charge is -2.36. The largest absolute Gasteiger partial charge is 0.469 e. The minimum absolute atomic E-state index is 0.0491. The number of hydrogen-bond donors (Lipinski definition) is 0. The maximum Gasteiger partial charge on any atom is 0.311 e. The summed E-state index contributed by atoms with van der Waals surface area (Å²) in [6.45, 7) is 0. The highest BCUT2D eigenvalue weighted by Gasteiger charge is 2.43. The van der Waals surface area contributed by atoms with Gasteiger partial charge in [-0.25, -0.2) is 0 Å². The predicted octanol–water partition coefficient (Wildman–Crippen LogP) is 2.33. The third-order valence-corrected chi connectivity index (χ3v) is 4.21. The van der Waals surface area contributed by atoms with Crippen molar-refractivity contribution in [3.8, 4) is 0 Å². The van der Waals surface area contributed by atoms with Gasteiger partial charge in [-0.1, -0.05) is 22.6 Å². The highest BCUT2D eigenvalue weighted by atomic mass is 127. The van der Waals surface area contributed by atoms with Crippen molar-refractivity contribution in [2.75, 3.05) is 18.6 Å². The van der Waals surface area contributed by atoms with Crippen LogP contribution in [0, 0.1) is 11.3 Å². The fourth-order valence-corrected chi connectivity index (χ4v) is 3.56. The van der Waals surface area contributed by atoms with Gasteiger partial charge < -0.3 is 9.47 Å². The highest BCUT2D eigenvalue weighted by Crippen LogP contribution is 2.43. The number of hydrogen-bond acceptors (Lipinski definition) is 4. The third kappa shape index (κ3) is 3.33. The summed E-state index contributed by atoms with van der Waals surface area (Å²) >= 11 is 2.28. The van der Waals surface area contributed by atoms with Crippen LogP contribution in [0.2, 0.25) is 0 Å². The minimum Gasteiger partial charge on any atom is -0.469 e. The summed E-state index contributed by atoms with van der Waals surface area (Å²) in [5.74, 6) is -0.331. The first kappa shape index (κ1) is 14.7. The summed E-state index contributed by atoms with van der Waals surface area (Å²) < 4.78 is 10.6. The Hall–Kier alpha value is -0.330. The smallest absolute Gasteiger partial charge is 0.311 e. The molecule has 4 nitrogen and oxygen atoms in total. The third-order valence-electron chi connectivity index (χ3n) is 3.67. The molecule has 0 heterocycles. The van der Waals surface area contributed by atoms with Crippen molar-refractivity contribution in [1.29, 1.82) is 0 Å². The van der Waals surface area contributed by atoms with Crippen molar-refractivity contribution in [1.82, 2.24) is 0 Å². The second-order valence-electron chi connectivity index (χ2n) is 4.51. The zero-order valence-electron chi connectivity index (χ0n) is 10.3. The lowest BCUT2D eigenvalue weighted by Crippen LogP contribution is -2.38. The molecule has 0 aromatic heterocycles. The Balaban J connectivity index is 2.67. The van der Waals surface area contributed by atoms with E-state index in [9.17, 15) is 9.59 Å². The van der Waals surface area contributed by atoms with Gasteiger partial charge in [0.1, 0.15) is 0 Å². The Morgan fingerprint density at radius 3 is 2.24 bits per heavy atom. The SMILES string of the molecule is COC(=O)C1CCC(CCI)(C(=O)OC)CC1. The number of esters is 2. The van der Waals surface area contributed by atoms with Crippen LogP contribution in [0.3, 0.4) is 0 Å². The van der Waals surface area contributed by atoms with Crippen molar-refractivity contribution in [3.63, 3.8) is 0 Å². The molecule has 1 saturated carbocycles. The quantitative estimate of drug-likeness (QED) is 0.442. The first-order chi connectivity index (χ1) is 8.09. The molecule has 0 atom stereocenters. The molecule has 0 bridgehead atoms. The van der Waals surface area contributed by atoms with Crippen molar-refractivity contribution in [2.45, 2.75) is 32.1 Å². The van der Waals surface area contributed by atoms with E-state index < -0.39 is 0 Å². The van der Waals surface area contributed by atoms with Gasteiger partial charge in [-0.05, 0) is 32.1 Å². The van der Waals surface area contributed by atoms with Gasteiger partial charge in [0, 0.05) is 4.43 Å². The molecule has 0 spiro atoms. The zero-order chi connectivity index (χ0) is 12.9. The van der Waals surface area contributed by atoms with E-state index >= 15 is 0 Å². The molecule has 0 unspecified atom stereocenters. The number of carbonyl (C=O) groups excluding carboxylic acids is 2. The lowest BCUT2D eigenvalue weighted by molar-refractivity contribution is -0.159. The van der Waals surface area contributed by atoms with E-state index in [4.69, 9.17) is 9.47 Å². The number of halogens is 1. The fourth-order valence-electron chi connectivity index (χ4n) is 2.53. The predicted molar refractivity (Wildman–Crippen MR) is 71.9 cm³/mol. The summed E-state index contributed by atoms with van der Waals surface area (Å²) in [5.41, 5.74) is -0.375. The van der Waals surface area contributed by atoms with E-state index in [-0.39, 0.29) is 23.3 Å². The van der Waals surface area contributed by atoms with E-state index in [1.165, 1.54) is 14.2 Å². The molecular weight excluding hydrogens is 335 g/mol. The summed E-state index contributed by atoms with van der Waals surface area (Å²) in [7, 11) is 2.85. The molecule has 5 heteroatoms. The molecule has 0 amide bonds. The van der Waals surface area contributed by atoms with Crippen molar-refractivity contribution in [2.24, 2.45) is 11.3 Å². The van der Waals surface area contributed by atoms with Crippen LogP contribution in [0.15, 0.2) is 0 Å². The van der Waals surface area contributed by atoms with Crippen molar-refractivity contribution >= 4 is 34.5 Å². The van der Waals surface area contributed by atoms with Crippen LogP contribution in [-0.2, 0) is 19.1 Å². The first-order valence-electron chi connectivity index (χ1n) is 5.82. The van der Waals surface area contributed by atoms with E-state index in [2.05, 4.69) is 22.6 Å². The monoisotopic (exact) mass is 354 g/mol. The average Bonchev–Trinajstić information content (AvgIpc) is 2.38. The van der Waals surface area contributed by atoms with Gasteiger partial charge >= 0.3 is 11.9 Å². The van der Waals surface area contributed by atoms with Crippen LogP contribution in [-0.4, -0.2) is 30.6 Å². The minimum atomic E-state index is -0.375. The maximum absolute atomic E-state index is 11.9. The molecule has 1 aliphatic rings. The molecule has 0 aromatic carbocycles. The number of alkyl halides is 1. The number of carbonyl (C=O) groups is 2. The van der Waals surface area contributed by atoms with Gasteiger partial charge in [0.25, 0.3) is 0 Å². The van der Waals surface area contributed by atoms with Gasteiger partial charge in [-0.2, -0.15) is 0 Å². The van der Waals surface area contributed by atoms with Gasteiger partial charge in [0.2, 0.25) is 0 Å². The van der Waals surface area contributed by atoms with Gasteiger partial charge in [-0.3, -0.25) is 9.59 Å². The van der Waals surface area contributed by atoms with Crippen LogP contribution in [0.4, 0.5) is 0 Å². The van der Waals surface area contributed by atoms with E-state index in [1.807, 2.05) is 0 Å². The van der Waals surface area contributed by atoms with E-state index in [1.54, 1.807) is 0 Å². The fraction of sp³-hybridized carbons (Fsp3) is 0.833. The molecule has 0 saturated heterocycles. The average molecular weight is 354 g/mol. The van der Waals surface area contributed by atoms with Crippen LogP contribution in [0.25, 0.3) is 0 Å². The molecule has 17 heavy (non-hydrogen) atoms. The molecule has 0 radical (unpaired) electrons. The second-order valence-corrected chi connectivity index (χ2v) is 5.59. The summed E-state index contributed by atoms with van der Waals surface area (Å²) in [5, 5.41) is 0. The maximum atomic E-state index is 11.9. The topological polar surface area (TPSA) is 52.6 Å². The van der Waals surface area contributed by atoms with Gasteiger partial charge in [-0.15, -0.1) is 0 Å². The Morgan fingerprint density at radius 2 is 1.82 bits per heavy atom. The summed E-state index contributed by atoms with van der Waals surface area (Å²) in [6, 6.07) is 0. The molecule has 1 rings (SSSR count). The Kier molecular flexibility index (Phi) is 5.69. The van der Waals surface area contributed by atoms with Crippen molar-refractivity contribution in [3.05, 3.63) is 0 Å². The Bertz CT molecular complexity index is 282. The number of ether oxygens (including phenoxy) is 2. The molecule has 0 N–H and O–H groups in total. The van der Waals surface area contributed by atoms with E-state index in [0.717, 1.165) is 36.5 Å². The summed E-state index contributed by atoms with van der Waals surface area (Å²) in [4.78, 5) is 23.3. The molecule has 1 aliphatic carbocycles. The Labute approximate surface area is 116 Å². The second kappa shape index (κ2) is 6.56. The molecule has 98 valence electrons. The lowest BCUT2D eigenvalue weighted by atomic mass is 9.69. The molecule has 0 aliphatic heterocycles. The van der Waals surface area contributed by atoms with Crippen LogP contribution < -0.4 is 0 Å². The van der Waals surface area contributed by atoms with Crippen LogP contribution >= 0.6 is 22.6 Å². The highest BCUT2D eigenvalue weighted by molar-refractivity contribution is 14.1. The van der Waals surface area contributed by atoms with E-state index in [0.29, 0.717) is 0 Å². The van der Waals surface area contributed by atoms with Crippen LogP contribution in [0.5, 0.6) is 0 Å². The number of rotatable bonds is 4. The zero-order valence-corrected chi connectivity index (χ0v) is 12.5. The summed E-state index contributed by atoms with van der Waals surface area (Å²) in [6.07, 6.45) is 3.72. The first-order valence-corrected chi connectivity index (χ1v) is 7.34. The van der Waals surface area contributed by atoms with Crippen molar-refractivity contribution < 1.29 is 19.1 Å². The van der Waals surface area contributed by atoms with Crippen LogP contribution in [0.1, 0.15) is 32.1 Å². The molecule has 0 aromatic rings.